The molecule has 0 amide bonds. The zero-order valence-electron chi connectivity index (χ0n) is 13.4. The lowest BCUT2D eigenvalue weighted by molar-refractivity contribution is 0.0768. The first-order valence-electron chi connectivity index (χ1n) is 7.42. The molecule has 0 saturated heterocycles. The van der Waals surface area contributed by atoms with Crippen LogP contribution in [0.2, 0.25) is 0 Å². The highest BCUT2D eigenvalue weighted by Crippen LogP contribution is 2.34. The van der Waals surface area contributed by atoms with E-state index in [1.54, 1.807) is 0 Å². The van der Waals surface area contributed by atoms with Crippen molar-refractivity contribution in [2.45, 2.75) is 19.5 Å². The molecule has 1 unspecified atom stereocenters. The summed E-state index contributed by atoms with van der Waals surface area (Å²) < 4.78 is 84.2. The first kappa shape index (κ1) is 18.7. The number of benzene rings is 1. The third-order valence-electron chi connectivity index (χ3n) is 3.50. The molecule has 2 aromatic heterocycles. The summed E-state index contributed by atoms with van der Waals surface area (Å²) in [4.78, 5) is 17.8. The standard InChI is InChI=1S/C15H10F6N4O2/c1-5(16)12-10(6-2-7(17)11(21)8(18)3-6)13-22-14(27-4-9(19)20)23-15(26)25(13)24-12/h2-3,5,9H,4H2,1H3,(H,22,23,26). The van der Waals surface area contributed by atoms with E-state index in [2.05, 4.69) is 14.8 Å². The lowest BCUT2D eigenvalue weighted by Gasteiger charge is -2.07. The lowest BCUT2D eigenvalue weighted by atomic mass is 10.0. The average Bonchev–Trinajstić information content (AvgIpc) is 2.97. The van der Waals surface area contributed by atoms with Crippen LogP contribution in [0.1, 0.15) is 18.8 Å². The molecule has 1 atom stereocenters. The van der Waals surface area contributed by atoms with E-state index >= 15 is 0 Å². The minimum Gasteiger partial charge on any atom is -0.459 e. The largest absolute Gasteiger partial charge is 0.459 e. The summed E-state index contributed by atoms with van der Waals surface area (Å²) in [7, 11) is 0. The van der Waals surface area contributed by atoms with Crippen LogP contribution in [0.3, 0.4) is 0 Å². The number of rotatable bonds is 5. The number of alkyl halides is 3. The summed E-state index contributed by atoms with van der Waals surface area (Å²) in [6, 6.07) is 0.517. The van der Waals surface area contributed by atoms with Gasteiger partial charge in [-0.1, -0.05) is 0 Å². The Hall–Kier alpha value is -3.05. The van der Waals surface area contributed by atoms with Gasteiger partial charge in [0.2, 0.25) is 0 Å². The third kappa shape index (κ3) is 3.46. The molecule has 1 aromatic carbocycles. The maximum atomic E-state index is 14.0. The highest BCUT2D eigenvalue weighted by Gasteiger charge is 2.25. The Morgan fingerprint density at radius 3 is 2.37 bits per heavy atom. The molecule has 3 aromatic rings. The number of aromatic amines is 1. The molecule has 6 nitrogen and oxygen atoms in total. The van der Waals surface area contributed by atoms with Crippen molar-refractivity contribution in [3.05, 3.63) is 45.8 Å². The summed E-state index contributed by atoms with van der Waals surface area (Å²) in [6.45, 7) is -0.0430. The van der Waals surface area contributed by atoms with E-state index in [0.717, 1.165) is 6.92 Å². The summed E-state index contributed by atoms with van der Waals surface area (Å²) in [5.41, 5.74) is -2.49. The van der Waals surface area contributed by atoms with Crippen molar-refractivity contribution in [3.8, 4) is 17.1 Å². The number of nitrogens with one attached hydrogen (secondary N) is 1. The van der Waals surface area contributed by atoms with Gasteiger partial charge >= 0.3 is 5.69 Å². The van der Waals surface area contributed by atoms with Crippen LogP contribution in [0.15, 0.2) is 16.9 Å². The van der Waals surface area contributed by atoms with Gasteiger partial charge in [0, 0.05) is 0 Å². The SMILES string of the molecule is CC(F)c1nn2c(=O)[nH]c(OCC(F)F)nc2c1-c1cc(F)c(F)c(F)c1. The Morgan fingerprint density at radius 2 is 1.81 bits per heavy atom. The van der Waals surface area contributed by atoms with Crippen LogP contribution < -0.4 is 10.4 Å². The zero-order chi connectivity index (χ0) is 19.9. The van der Waals surface area contributed by atoms with Gasteiger partial charge in [-0.2, -0.15) is 14.6 Å². The number of aromatic nitrogens is 4. The molecule has 0 saturated carbocycles. The molecule has 0 aliphatic heterocycles. The van der Waals surface area contributed by atoms with Gasteiger partial charge in [-0.15, -0.1) is 0 Å². The number of halogens is 6. The molecule has 144 valence electrons. The van der Waals surface area contributed by atoms with Crippen LogP contribution in [-0.2, 0) is 0 Å². The topological polar surface area (TPSA) is 72.3 Å². The van der Waals surface area contributed by atoms with E-state index < -0.39 is 59.7 Å². The highest BCUT2D eigenvalue weighted by atomic mass is 19.3. The Labute approximate surface area is 146 Å². The highest BCUT2D eigenvalue weighted by molar-refractivity contribution is 5.80. The second-order valence-electron chi connectivity index (χ2n) is 5.41. The van der Waals surface area contributed by atoms with E-state index in [1.165, 1.54) is 0 Å². The molecule has 12 heteroatoms. The molecule has 0 spiro atoms. The van der Waals surface area contributed by atoms with Crippen molar-refractivity contribution < 1.29 is 31.1 Å². The molecule has 1 N–H and O–H groups in total. The van der Waals surface area contributed by atoms with Gasteiger partial charge in [0.1, 0.15) is 11.9 Å². The third-order valence-corrected chi connectivity index (χ3v) is 3.50. The smallest absolute Gasteiger partial charge is 0.352 e. The summed E-state index contributed by atoms with van der Waals surface area (Å²) >= 11 is 0. The predicted molar refractivity (Wildman–Crippen MR) is 79.9 cm³/mol. The number of H-pyrrole nitrogens is 1. The monoisotopic (exact) mass is 392 g/mol. The van der Waals surface area contributed by atoms with Crippen molar-refractivity contribution in [1.29, 1.82) is 0 Å². The van der Waals surface area contributed by atoms with Crippen LogP contribution >= 0.6 is 0 Å². The maximum absolute atomic E-state index is 14.0. The van der Waals surface area contributed by atoms with E-state index in [4.69, 9.17) is 0 Å². The number of hydrogen-bond donors (Lipinski definition) is 1. The first-order valence-corrected chi connectivity index (χ1v) is 7.42. The molecular formula is C15H10F6N4O2. The molecule has 3 rings (SSSR count). The fourth-order valence-electron chi connectivity index (χ4n) is 2.40. The van der Waals surface area contributed by atoms with E-state index in [1.807, 2.05) is 4.98 Å². The predicted octanol–water partition coefficient (Wildman–Crippen LogP) is 3.18. The van der Waals surface area contributed by atoms with Crippen LogP contribution in [0, 0.1) is 17.5 Å². The lowest BCUT2D eigenvalue weighted by Crippen LogP contribution is -2.21. The van der Waals surface area contributed by atoms with Crippen molar-refractivity contribution in [2.75, 3.05) is 6.61 Å². The van der Waals surface area contributed by atoms with Crippen molar-refractivity contribution in [1.82, 2.24) is 19.6 Å². The van der Waals surface area contributed by atoms with Gasteiger partial charge in [0.15, 0.2) is 29.7 Å². The van der Waals surface area contributed by atoms with Crippen LogP contribution in [0.25, 0.3) is 16.8 Å². The van der Waals surface area contributed by atoms with Gasteiger partial charge in [-0.25, -0.2) is 31.1 Å². The Balaban J connectivity index is 2.29. The maximum Gasteiger partial charge on any atom is 0.352 e. The molecule has 2 heterocycles. The van der Waals surface area contributed by atoms with Gasteiger partial charge in [-0.3, -0.25) is 4.98 Å². The summed E-state index contributed by atoms with van der Waals surface area (Å²) in [5.74, 6) is -4.85. The molecule has 0 fully saturated rings. The summed E-state index contributed by atoms with van der Waals surface area (Å²) in [5, 5.41) is 3.70. The fraction of sp³-hybridized carbons (Fsp3) is 0.267. The number of fused-ring (bicyclic) bond motifs is 1. The van der Waals surface area contributed by atoms with E-state index in [9.17, 15) is 31.1 Å². The minimum absolute atomic E-state index is 0.309. The quantitative estimate of drug-likeness (QED) is 0.535. The molecule has 0 aliphatic rings. The Morgan fingerprint density at radius 1 is 1.19 bits per heavy atom. The van der Waals surface area contributed by atoms with Gasteiger partial charge in [0.05, 0.1) is 5.56 Å². The van der Waals surface area contributed by atoms with Crippen molar-refractivity contribution >= 4 is 5.65 Å². The second-order valence-corrected chi connectivity index (χ2v) is 5.41. The van der Waals surface area contributed by atoms with Gasteiger partial charge in [-0.05, 0) is 24.6 Å². The minimum atomic E-state index is -2.86. The molecule has 27 heavy (non-hydrogen) atoms. The number of hydrogen-bond acceptors (Lipinski definition) is 4. The van der Waals surface area contributed by atoms with Crippen molar-refractivity contribution in [2.24, 2.45) is 0 Å². The zero-order valence-corrected chi connectivity index (χ0v) is 13.4. The number of nitrogens with zero attached hydrogens (tertiary/aromatic N) is 3. The van der Waals surface area contributed by atoms with Crippen molar-refractivity contribution in [3.63, 3.8) is 0 Å². The fourth-order valence-corrected chi connectivity index (χ4v) is 2.40. The summed E-state index contributed by atoms with van der Waals surface area (Å²) in [6.07, 6.45) is -4.67. The average molecular weight is 392 g/mol. The normalized spacial score (nSPS) is 12.7. The van der Waals surface area contributed by atoms with E-state index in [0.29, 0.717) is 16.6 Å². The van der Waals surface area contributed by atoms with Crippen LogP contribution in [0.5, 0.6) is 6.01 Å². The Kier molecular flexibility index (Phi) is 4.81. The first-order chi connectivity index (χ1) is 12.7. The molecule has 0 radical (unpaired) electrons. The van der Waals surface area contributed by atoms with Gasteiger partial charge < -0.3 is 4.74 Å². The van der Waals surface area contributed by atoms with Crippen LogP contribution in [0.4, 0.5) is 26.3 Å². The number of ether oxygens (including phenoxy) is 1. The van der Waals surface area contributed by atoms with E-state index in [-0.39, 0.29) is 11.1 Å². The van der Waals surface area contributed by atoms with Crippen LogP contribution in [-0.4, -0.2) is 32.6 Å². The molecular weight excluding hydrogens is 382 g/mol. The Bertz CT molecular complexity index is 1040. The molecule has 0 bridgehead atoms. The molecule has 0 aliphatic carbocycles. The van der Waals surface area contributed by atoms with Gasteiger partial charge in [0.25, 0.3) is 12.4 Å². The second kappa shape index (κ2) is 6.93.